The summed E-state index contributed by atoms with van der Waals surface area (Å²) in [5.74, 6) is 0.00959. The van der Waals surface area contributed by atoms with Crippen LogP contribution in [0, 0.1) is 0 Å². The van der Waals surface area contributed by atoms with E-state index in [-0.39, 0.29) is 12.2 Å². The summed E-state index contributed by atoms with van der Waals surface area (Å²) in [5, 5.41) is 0.468. The van der Waals surface area contributed by atoms with Gasteiger partial charge >= 0.3 is 5.97 Å². The van der Waals surface area contributed by atoms with Crippen molar-refractivity contribution in [3.63, 3.8) is 0 Å². The Balaban J connectivity index is 2.04. The van der Waals surface area contributed by atoms with Crippen LogP contribution in [0.5, 0.6) is 5.75 Å². The molecule has 0 bridgehead atoms. The normalized spacial score (nSPS) is 15.6. The van der Waals surface area contributed by atoms with Crippen molar-refractivity contribution in [2.24, 2.45) is 4.99 Å². The predicted molar refractivity (Wildman–Crippen MR) is 142 cm³/mol. The average Bonchev–Trinajstić information content (AvgIpc) is 3.14. The van der Waals surface area contributed by atoms with Gasteiger partial charge in [-0.1, -0.05) is 64.3 Å². The number of carbonyl (C=O) groups is 1. The van der Waals surface area contributed by atoms with Gasteiger partial charge < -0.3 is 9.47 Å². The predicted octanol–water partition coefficient (Wildman–Crippen LogP) is 5.00. The molecule has 2 aromatic carbocycles. The van der Waals surface area contributed by atoms with E-state index < -0.39 is 12.0 Å². The minimum Gasteiger partial charge on any atom is -0.496 e. The monoisotopic (exact) mass is 574 g/mol. The Bertz CT molecular complexity index is 1470. The third kappa shape index (κ3) is 5.15. The lowest BCUT2D eigenvalue weighted by Gasteiger charge is -2.27. The summed E-state index contributed by atoms with van der Waals surface area (Å²) >= 11 is 11.1. The summed E-state index contributed by atoms with van der Waals surface area (Å²) in [4.78, 5) is 32.3. The summed E-state index contributed by atoms with van der Waals surface area (Å²) in [6.45, 7) is 3.97. The number of nitrogens with zero attached hydrogens (tertiary/aromatic N) is 2. The SMILES string of the molecule is CCCC1=C(C(=O)OCC)[C@H](c2cc(Cl)ccc2OC)n2c(s/c(=C/c3ccc(Br)cc3)c2=O)=N1. The lowest BCUT2D eigenvalue weighted by molar-refractivity contribution is -0.139. The number of methoxy groups -OCH3 is 1. The number of carbonyl (C=O) groups excluding carboxylic acids is 1. The minimum absolute atomic E-state index is 0.203. The van der Waals surface area contributed by atoms with Gasteiger partial charge in [0.25, 0.3) is 5.56 Å². The highest BCUT2D eigenvalue weighted by atomic mass is 79.9. The molecule has 6 nitrogen and oxygen atoms in total. The van der Waals surface area contributed by atoms with Crippen LogP contribution < -0.4 is 19.6 Å². The van der Waals surface area contributed by atoms with Gasteiger partial charge in [-0.15, -0.1) is 0 Å². The van der Waals surface area contributed by atoms with Crippen molar-refractivity contribution in [1.29, 1.82) is 0 Å². The molecule has 182 valence electrons. The molecule has 0 radical (unpaired) electrons. The Morgan fingerprint density at radius 1 is 1.23 bits per heavy atom. The summed E-state index contributed by atoms with van der Waals surface area (Å²) in [6.07, 6.45) is 3.16. The van der Waals surface area contributed by atoms with E-state index in [4.69, 9.17) is 26.1 Å². The van der Waals surface area contributed by atoms with Crippen LogP contribution >= 0.6 is 38.9 Å². The van der Waals surface area contributed by atoms with Crippen LogP contribution in [0.2, 0.25) is 5.02 Å². The Morgan fingerprint density at radius 3 is 2.63 bits per heavy atom. The van der Waals surface area contributed by atoms with Gasteiger partial charge in [-0.25, -0.2) is 9.79 Å². The van der Waals surface area contributed by atoms with Crippen LogP contribution in [0.4, 0.5) is 0 Å². The molecule has 0 amide bonds. The highest BCUT2D eigenvalue weighted by Crippen LogP contribution is 2.38. The fourth-order valence-electron chi connectivity index (χ4n) is 4.04. The van der Waals surface area contributed by atoms with Crippen LogP contribution in [0.15, 0.2) is 68.0 Å². The maximum absolute atomic E-state index is 13.8. The molecule has 1 atom stereocenters. The maximum atomic E-state index is 13.8. The first-order chi connectivity index (χ1) is 16.9. The molecule has 0 N–H and O–H groups in total. The molecule has 1 aliphatic rings. The number of esters is 1. The number of aromatic nitrogens is 1. The highest BCUT2D eigenvalue weighted by Gasteiger charge is 2.36. The molecule has 0 unspecified atom stereocenters. The largest absolute Gasteiger partial charge is 0.496 e. The van der Waals surface area contributed by atoms with Crippen molar-refractivity contribution in [1.82, 2.24) is 4.57 Å². The number of thiazole rings is 1. The van der Waals surface area contributed by atoms with Gasteiger partial charge in [0.05, 0.1) is 29.5 Å². The Morgan fingerprint density at radius 2 is 1.97 bits per heavy atom. The number of benzene rings is 2. The van der Waals surface area contributed by atoms with Crippen LogP contribution in [0.1, 0.15) is 43.9 Å². The standard InChI is InChI=1S/C26H24BrClN2O4S/c1-4-6-19-22(25(32)34-5-2)23(18-14-17(28)11-12-20(18)33-3)30-24(31)21(35-26(30)29-19)13-15-7-9-16(27)10-8-15/h7-14,23H,4-6H2,1-3H3/b21-13+/t23-/m0/s1. The van der Waals surface area contributed by atoms with Crippen molar-refractivity contribution >= 4 is 50.9 Å². The zero-order chi connectivity index (χ0) is 25.1. The maximum Gasteiger partial charge on any atom is 0.338 e. The molecule has 2 heterocycles. The van der Waals surface area contributed by atoms with E-state index in [0.717, 1.165) is 16.5 Å². The molecule has 1 aromatic heterocycles. The fraction of sp³-hybridized carbons (Fsp3) is 0.269. The van der Waals surface area contributed by atoms with Crippen LogP contribution in [0.25, 0.3) is 6.08 Å². The van der Waals surface area contributed by atoms with Gasteiger partial charge in [0.2, 0.25) is 0 Å². The molecule has 3 aromatic rings. The van der Waals surface area contributed by atoms with Crippen molar-refractivity contribution < 1.29 is 14.3 Å². The van der Waals surface area contributed by atoms with Gasteiger partial charge in [-0.2, -0.15) is 0 Å². The Labute approximate surface area is 220 Å². The lowest BCUT2D eigenvalue weighted by Crippen LogP contribution is -2.40. The number of allylic oxidation sites excluding steroid dienone is 1. The molecule has 1 aliphatic heterocycles. The molecule has 9 heteroatoms. The van der Waals surface area contributed by atoms with Gasteiger partial charge in [0.15, 0.2) is 4.80 Å². The molecule has 35 heavy (non-hydrogen) atoms. The number of fused-ring (bicyclic) bond motifs is 1. The summed E-state index contributed by atoms with van der Waals surface area (Å²) in [5.41, 5.74) is 2.17. The summed E-state index contributed by atoms with van der Waals surface area (Å²) in [6, 6.07) is 12.1. The summed E-state index contributed by atoms with van der Waals surface area (Å²) < 4.78 is 14.1. The Hall–Kier alpha value is -2.68. The van der Waals surface area contributed by atoms with Crippen molar-refractivity contribution in [2.75, 3.05) is 13.7 Å². The zero-order valence-corrected chi connectivity index (χ0v) is 22.7. The van der Waals surface area contributed by atoms with Crippen LogP contribution in [0.3, 0.4) is 0 Å². The fourth-order valence-corrected chi connectivity index (χ4v) is 5.51. The molecule has 0 saturated heterocycles. The van der Waals surface area contributed by atoms with Crippen LogP contribution in [-0.2, 0) is 9.53 Å². The average molecular weight is 576 g/mol. The number of halogens is 2. The molecular weight excluding hydrogens is 552 g/mol. The van der Waals surface area contributed by atoms with Crippen molar-refractivity contribution in [3.05, 3.63) is 94.0 Å². The first-order valence-corrected chi connectivity index (χ1v) is 13.2. The number of hydrogen-bond donors (Lipinski definition) is 0. The first kappa shape index (κ1) is 25.4. The quantitative estimate of drug-likeness (QED) is 0.372. The summed E-state index contributed by atoms with van der Waals surface area (Å²) in [7, 11) is 1.55. The van der Waals surface area contributed by atoms with Gasteiger partial charge in [-0.3, -0.25) is 9.36 Å². The third-order valence-electron chi connectivity index (χ3n) is 5.55. The number of rotatable bonds is 7. The minimum atomic E-state index is -0.785. The van der Waals surface area contributed by atoms with Crippen molar-refractivity contribution in [2.45, 2.75) is 32.7 Å². The zero-order valence-electron chi connectivity index (χ0n) is 19.5. The number of ether oxygens (including phenoxy) is 2. The van der Waals surface area contributed by atoms with E-state index in [0.29, 0.717) is 43.4 Å². The number of hydrogen-bond acceptors (Lipinski definition) is 6. The first-order valence-electron chi connectivity index (χ1n) is 11.2. The molecule has 0 fully saturated rings. The molecule has 0 aliphatic carbocycles. The van der Waals surface area contributed by atoms with Crippen molar-refractivity contribution in [3.8, 4) is 5.75 Å². The van der Waals surface area contributed by atoms with Crippen LogP contribution in [-0.4, -0.2) is 24.3 Å². The van der Waals surface area contributed by atoms with Gasteiger partial charge in [0.1, 0.15) is 11.8 Å². The second-order valence-electron chi connectivity index (χ2n) is 7.85. The Kier molecular flexibility index (Phi) is 7.94. The van der Waals surface area contributed by atoms with E-state index in [2.05, 4.69) is 15.9 Å². The second kappa shape index (κ2) is 10.9. The van der Waals surface area contributed by atoms with E-state index in [1.807, 2.05) is 37.3 Å². The van der Waals surface area contributed by atoms with Gasteiger partial charge in [0, 0.05) is 15.1 Å². The second-order valence-corrected chi connectivity index (χ2v) is 10.2. The topological polar surface area (TPSA) is 69.9 Å². The van der Waals surface area contributed by atoms with E-state index in [9.17, 15) is 9.59 Å². The molecule has 4 rings (SSSR count). The van der Waals surface area contributed by atoms with E-state index in [1.54, 1.807) is 36.8 Å². The molecule has 0 spiro atoms. The van der Waals surface area contributed by atoms with E-state index >= 15 is 0 Å². The molecular formula is C26H24BrClN2O4S. The third-order valence-corrected chi connectivity index (χ3v) is 7.29. The smallest absolute Gasteiger partial charge is 0.338 e. The van der Waals surface area contributed by atoms with E-state index in [1.165, 1.54) is 11.3 Å². The highest BCUT2D eigenvalue weighted by molar-refractivity contribution is 9.10. The van der Waals surface area contributed by atoms with Gasteiger partial charge in [-0.05, 0) is 55.3 Å². The lowest BCUT2D eigenvalue weighted by atomic mass is 9.93. The molecule has 0 saturated carbocycles.